The van der Waals surface area contributed by atoms with Gasteiger partial charge in [0, 0.05) is 12.1 Å². The van der Waals surface area contributed by atoms with Crippen molar-refractivity contribution < 1.29 is 24.2 Å². The number of carbonyl (C=O) groups excluding carboxylic acids is 1. The third-order valence-electron chi connectivity index (χ3n) is 3.91. The van der Waals surface area contributed by atoms with Gasteiger partial charge in [-0.3, -0.25) is 9.59 Å². The number of ether oxygens (including phenoxy) is 2. The first-order chi connectivity index (χ1) is 10.9. The molecular formula is C17H23NO5. The van der Waals surface area contributed by atoms with E-state index in [2.05, 4.69) is 5.32 Å². The van der Waals surface area contributed by atoms with Crippen molar-refractivity contribution in [3.8, 4) is 11.5 Å². The third-order valence-corrected chi connectivity index (χ3v) is 3.91. The Morgan fingerprint density at radius 2 is 2.04 bits per heavy atom. The van der Waals surface area contributed by atoms with Crippen LogP contribution in [0.2, 0.25) is 0 Å². The molecule has 0 radical (unpaired) electrons. The Bertz CT molecular complexity index is 584. The first kappa shape index (κ1) is 17.1. The normalized spacial score (nSPS) is 20.3. The predicted octanol–water partition coefficient (Wildman–Crippen LogP) is 2.47. The Balaban J connectivity index is 2.11. The maximum absolute atomic E-state index is 12.5. The van der Waals surface area contributed by atoms with Gasteiger partial charge >= 0.3 is 5.97 Å². The number of amides is 1. The number of nitrogens with one attached hydrogen (secondary N) is 1. The average Bonchev–Trinajstić information content (AvgIpc) is 2.95. The molecule has 126 valence electrons. The largest absolute Gasteiger partial charge is 0.497 e. The molecule has 2 atom stereocenters. The minimum absolute atomic E-state index is 0.0727. The highest BCUT2D eigenvalue weighted by molar-refractivity contribution is 5.97. The Morgan fingerprint density at radius 1 is 1.30 bits per heavy atom. The molecular weight excluding hydrogens is 298 g/mol. The van der Waals surface area contributed by atoms with Gasteiger partial charge in [-0.1, -0.05) is 0 Å². The van der Waals surface area contributed by atoms with Crippen molar-refractivity contribution in [3.05, 3.63) is 23.8 Å². The summed E-state index contributed by atoms with van der Waals surface area (Å²) in [6, 6.07) is 4.94. The van der Waals surface area contributed by atoms with E-state index in [-0.39, 0.29) is 24.0 Å². The van der Waals surface area contributed by atoms with E-state index in [0.29, 0.717) is 36.3 Å². The molecule has 2 rings (SSSR count). The van der Waals surface area contributed by atoms with Crippen molar-refractivity contribution in [2.75, 3.05) is 7.11 Å². The summed E-state index contributed by atoms with van der Waals surface area (Å²) in [4.78, 5) is 23.5. The van der Waals surface area contributed by atoms with Crippen LogP contribution in [0, 0.1) is 5.92 Å². The molecule has 1 fully saturated rings. The summed E-state index contributed by atoms with van der Waals surface area (Å²) in [5.74, 6) is -0.342. The number of carboxylic acids is 1. The van der Waals surface area contributed by atoms with Crippen molar-refractivity contribution in [2.24, 2.45) is 5.92 Å². The van der Waals surface area contributed by atoms with Crippen molar-refractivity contribution in [3.63, 3.8) is 0 Å². The van der Waals surface area contributed by atoms with Gasteiger partial charge in [-0.05, 0) is 45.2 Å². The number of methoxy groups -OCH3 is 1. The van der Waals surface area contributed by atoms with Gasteiger partial charge in [0.05, 0.1) is 24.7 Å². The fraction of sp³-hybridized carbons (Fsp3) is 0.529. The molecule has 0 saturated heterocycles. The molecule has 6 nitrogen and oxygen atoms in total. The molecule has 1 aliphatic rings. The third kappa shape index (κ3) is 4.37. The lowest BCUT2D eigenvalue weighted by Gasteiger charge is -2.17. The second-order valence-electron chi connectivity index (χ2n) is 6.05. The van der Waals surface area contributed by atoms with Crippen LogP contribution in [0.3, 0.4) is 0 Å². The molecule has 0 heterocycles. The van der Waals surface area contributed by atoms with Crippen LogP contribution in [0.4, 0.5) is 0 Å². The molecule has 23 heavy (non-hydrogen) atoms. The molecule has 1 aromatic rings. The van der Waals surface area contributed by atoms with Crippen LogP contribution in [0.25, 0.3) is 0 Å². The molecule has 1 aromatic carbocycles. The molecule has 0 aromatic heterocycles. The zero-order valence-corrected chi connectivity index (χ0v) is 13.7. The van der Waals surface area contributed by atoms with Crippen LogP contribution in [0.5, 0.6) is 11.5 Å². The topological polar surface area (TPSA) is 84.9 Å². The van der Waals surface area contributed by atoms with Crippen LogP contribution in [0.15, 0.2) is 18.2 Å². The van der Waals surface area contributed by atoms with Crippen LogP contribution in [-0.4, -0.2) is 36.2 Å². The van der Waals surface area contributed by atoms with E-state index in [1.807, 2.05) is 13.8 Å². The average molecular weight is 321 g/mol. The van der Waals surface area contributed by atoms with E-state index in [0.717, 1.165) is 0 Å². The molecule has 1 saturated carbocycles. The quantitative estimate of drug-likeness (QED) is 0.841. The van der Waals surface area contributed by atoms with E-state index in [4.69, 9.17) is 14.6 Å². The fourth-order valence-corrected chi connectivity index (χ4v) is 2.77. The van der Waals surface area contributed by atoms with Crippen LogP contribution >= 0.6 is 0 Å². The lowest BCUT2D eigenvalue weighted by Crippen LogP contribution is -2.33. The molecule has 0 unspecified atom stereocenters. The van der Waals surface area contributed by atoms with Crippen molar-refractivity contribution >= 4 is 11.9 Å². The van der Waals surface area contributed by atoms with Gasteiger partial charge in [0.2, 0.25) is 0 Å². The highest BCUT2D eigenvalue weighted by atomic mass is 16.5. The van der Waals surface area contributed by atoms with Crippen LogP contribution in [-0.2, 0) is 4.79 Å². The fourth-order valence-electron chi connectivity index (χ4n) is 2.77. The molecule has 0 aliphatic heterocycles. The summed E-state index contributed by atoms with van der Waals surface area (Å²) < 4.78 is 10.9. The van der Waals surface area contributed by atoms with E-state index in [1.165, 1.54) is 0 Å². The van der Waals surface area contributed by atoms with Gasteiger partial charge in [0.1, 0.15) is 11.5 Å². The van der Waals surface area contributed by atoms with Gasteiger partial charge in [0.15, 0.2) is 0 Å². The van der Waals surface area contributed by atoms with E-state index in [1.54, 1.807) is 25.3 Å². The monoisotopic (exact) mass is 321 g/mol. The summed E-state index contributed by atoms with van der Waals surface area (Å²) in [6.45, 7) is 3.77. The summed E-state index contributed by atoms with van der Waals surface area (Å²) in [7, 11) is 1.55. The summed E-state index contributed by atoms with van der Waals surface area (Å²) >= 11 is 0. The number of aliphatic carboxylic acids is 1. The molecule has 1 amide bonds. The van der Waals surface area contributed by atoms with Crippen molar-refractivity contribution in [1.29, 1.82) is 0 Å². The SMILES string of the molecule is COc1ccc(C(=O)N[C@H]2CC[C@@H](C(=O)O)C2)c(OC(C)C)c1. The standard InChI is InChI=1S/C17H23NO5/c1-10(2)23-15-9-13(22-3)6-7-14(15)16(19)18-12-5-4-11(8-12)17(20)21/h6-7,9-12H,4-5,8H2,1-3H3,(H,18,19)(H,20,21)/t11-,12+/m1/s1. The van der Waals surface area contributed by atoms with Crippen molar-refractivity contribution in [1.82, 2.24) is 5.32 Å². The number of benzene rings is 1. The Hall–Kier alpha value is -2.24. The van der Waals surface area contributed by atoms with Gasteiger partial charge < -0.3 is 19.9 Å². The van der Waals surface area contributed by atoms with E-state index in [9.17, 15) is 9.59 Å². The number of carboxylic acid groups (broad SMARTS) is 1. The number of carbonyl (C=O) groups is 2. The Morgan fingerprint density at radius 3 is 2.61 bits per heavy atom. The summed E-state index contributed by atoms with van der Waals surface area (Å²) in [5, 5.41) is 11.9. The molecule has 6 heteroatoms. The van der Waals surface area contributed by atoms with Gasteiger partial charge in [-0.25, -0.2) is 0 Å². The maximum Gasteiger partial charge on any atom is 0.306 e. The Kier molecular flexibility index (Phi) is 5.47. The lowest BCUT2D eigenvalue weighted by molar-refractivity contribution is -0.141. The molecule has 0 spiro atoms. The molecule has 2 N–H and O–H groups in total. The number of rotatable bonds is 6. The Labute approximate surface area is 135 Å². The summed E-state index contributed by atoms with van der Waals surface area (Å²) in [6.07, 6.45) is 1.67. The molecule has 1 aliphatic carbocycles. The van der Waals surface area contributed by atoms with Crippen LogP contribution < -0.4 is 14.8 Å². The highest BCUT2D eigenvalue weighted by Gasteiger charge is 2.31. The van der Waals surface area contributed by atoms with Crippen LogP contribution in [0.1, 0.15) is 43.5 Å². The second-order valence-corrected chi connectivity index (χ2v) is 6.05. The smallest absolute Gasteiger partial charge is 0.306 e. The van der Waals surface area contributed by atoms with Gasteiger partial charge in [0.25, 0.3) is 5.91 Å². The maximum atomic E-state index is 12.5. The molecule has 0 bridgehead atoms. The predicted molar refractivity (Wildman–Crippen MR) is 85.0 cm³/mol. The van der Waals surface area contributed by atoms with Gasteiger partial charge in [-0.2, -0.15) is 0 Å². The van der Waals surface area contributed by atoms with E-state index >= 15 is 0 Å². The van der Waals surface area contributed by atoms with Crippen molar-refractivity contribution in [2.45, 2.75) is 45.3 Å². The zero-order chi connectivity index (χ0) is 17.0. The number of hydrogen-bond donors (Lipinski definition) is 2. The zero-order valence-electron chi connectivity index (χ0n) is 13.7. The van der Waals surface area contributed by atoms with Gasteiger partial charge in [-0.15, -0.1) is 0 Å². The minimum atomic E-state index is -0.796. The first-order valence-corrected chi connectivity index (χ1v) is 7.79. The van der Waals surface area contributed by atoms with E-state index < -0.39 is 5.97 Å². The minimum Gasteiger partial charge on any atom is -0.497 e. The second kappa shape index (κ2) is 7.35. The lowest BCUT2D eigenvalue weighted by atomic mass is 10.1. The number of hydrogen-bond acceptors (Lipinski definition) is 4. The first-order valence-electron chi connectivity index (χ1n) is 7.79. The summed E-state index contributed by atoms with van der Waals surface area (Å²) in [5.41, 5.74) is 0.429. The highest BCUT2D eigenvalue weighted by Crippen LogP contribution is 2.28.